The monoisotopic (exact) mass is 257 g/mol. The molecule has 104 valence electrons. The molecule has 2 saturated heterocycles. The Morgan fingerprint density at radius 2 is 2.00 bits per heavy atom. The highest BCUT2D eigenvalue weighted by Gasteiger charge is 2.41. The fraction of sp³-hybridized carbons (Fsp3) is 0.923. The molecule has 0 aliphatic carbocycles. The first-order valence-electron chi connectivity index (χ1n) is 6.74. The molecular formula is C13H23NO4. The highest BCUT2D eigenvalue weighted by molar-refractivity contribution is 5.67. The number of ether oxygens (including phenoxy) is 1. The van der Waals surface area contributed by atoms with E-state index in [4.69, 9.17) is 9.84 Å². The lowest BCUT2D eigenvalue weighted by Crippen LogP contribution is -2.47. The molecule has 0 saturated carbocycles. The molecule has 18 heavy (non-hydrogen) atoms. The molecule has 3 unspecified atom stereocenters. The minimum atomic E-state index is -0.688. The molecular weight excluding hydrogens is 234 g/mol. The third-order valence-corrected chi connectivity index (χ3v) is 4.23. The summed E-state index contributed by atoms with van der Waals surface area (Å²) >= 11 is 0. The molecule has 2 aliphatic rings. The Bertz CT molecular complexity index is 283. The van der Waals surface area contributed by atoms with Gasteiger partial charge >= 0.3 is 5.97 Å². The molecule has 0 radical (unpaired) electrons. The molecule has 0 aromatic heterocycles. The topological polar surface area (TPSA) is 70.0 Å². The number of carboxylic acids is 1. The molecule has 2 N–H and O–H groups in total. The Morgan fingerprint density at radius 3 is 2.50 bits per heavy atom. The number of methoxy groups -OCH3 is 1. The molecule has 2 bridgehead atoms. The van der Waals surface area contributed by atoms with Crippen LogP contribution in [0, 0.1) is 5.92 Å². The van der Waals surface area contributed by atoms with Gasteiger partial charge in [-0.1, -0.05) is 0 Å². The normalized spacial score (nSPS) is 33.6. The van der Waals surface area contributed by atoms with Crippen molar-refractivity contribution in [1.82, 2.24) is 4.90 Å². The fourth-order valence-corrected chi connectivity index (χ4v) is 3.59. The van der Waals surface area contributed by atoms with Gasteiger partial charge in [0.15, 0.2) is 0 Å². The zero-order valence-electron chi connectivity index (χ0n) is 10.9. The number of carbonyl (C=O) groups is 1. The van der Waals surface area contributed by atoms with Gasteiger partial charge in [-0.3, -0.25) is 9.69 Å². The van der Waals surface area contributed by atoms with Gasteiger partial charge < -0.3 is 14.9 Å². The Balaban J connectivity index is 1.87. The van der Waals surface area contributed by atoms with Crippen molar-refractivity contribution in [1.29, 1.82) is 0 Å². The van der Waals surface area contributed by atoms with Crippen LogP contribution in [0.4, 0.5) is 0 Å². The van der Waals surface area contributed by atoms with Crippen LogP contribution in [0.25, 0.3) is 0 Å². The predicted octanol–water partition coefficient (Wildman–Crippen LogP) is 0.711. The van der Waals surface area contributed by atoms with Crippen molar-refractivity contribution in [2.45, 2.75) is 50.3 Å². The first-order valence-corrected chi connectivity index (χ1v) is 6.74. The van der Waals surface area contributed by atoms with Gasteiger partial charge in [0.1, 0.15) is 0 Å². The van der Waals surface area contributed by atoms with E-state index < -0.39 is 12.1 Å². The molecule has 0 amide bonds. The smallest absolute Gasteiger partial charge is 0.303 e. The number of aliphatic hydroxyl groups is 1. The largest absolute Gasteiger partial charge is 0.481 e. The standard InChI is InChI=1S/C13H23NO4/c1-18-8-12(15)7-14-10-2-3-11(14)5-9(4-10)6-13(16)17/h9-12,15H,2-8H2,1H3,(H,16,17). The number of hydrogen-bond donors (Lipinski definition) is 2. The SMILES string of the molecule is COCC(O)CN1C2CCC1CC(CC(=O)O)C2. The summed E-state index contributed by atoms with van der Waals surface area (Å²) in [6.45, 7) is 1.03. The van der Waals surface area contributed by atoms with Crippen LogP contribution in [0.15, 0.2) is 0 Å². The van der Waals surface area contributed by atoms with E-state index in [2.05, 4.69) is 4.90 Å². The van der Waals surface area contributed by atoms with Crippen LogP contribution < -0.4 is 0 Å². The summed E-state index contributed by atoms with van der Waals surface area (Å²) in [5.41, 5.74) is 0. The van der Waals surface area contributed by atoms with Crippen LogP contribution in [-0.2, 0) is 9.53 Å². The molecule has 0 aromatic rings. The van der Waals surface area contributed by atoms with Gasteiger partial charge in [0.25, 0.3) is 0 Å². The molecule has 5 nitrogen and oxygen atoms in total. The van der Waals surface area contributed by atoms with E-state index in [1.165, 1.54) is 0 Å². The van der Waals surface area contributed by atoms with E-state index in [0.717, 1.165) is 25.7 Å². The number of hydrogen-bond acceptors (Lipinski definition) is 4. The quantitative estimate of drug-likeness (QED) is 0.733. The average molecular weight is 257 g/mol. The molecule has 0 aromatic carbocycles. The second-order valence-corrected chi connectivity index (χ2v) is 5.63. The number of nitrogens with zero attached hydrogens (tertiary/aromatic N) is 1. The van der Waals surface area contributed by atoms with Gasteiger partial charge in [-0.25, -0.2) is 0 Å². The van der Waals surface area contributed by atoms with Gasteiger partial charge in [0.2, 0.25) is 0 Å². The van der Waals surface area contributed by atoms with Crippen molar-refractivity contribution >= 4 is 5.97 Å². The summed E-state index contributed by atoms with van der Waals surface area (Å²) in [6, 6.07) is 0.916. The molecule has 3 atom stereocenters. The van der Waals surface area contributed by atoms with Crippen molar-refractivity contribution < 1.29 is 19.7 Å². The Labute approximate surface area is 108 Å². The Kier molecular flexibility index (Phi) is 4.59. The first kappa shape index (κ1) is 13.8. The maximum atomic E-state index is 10.8. The van der Waals surface area contributed by atoms with Crippen LogP contribution in [0.3, 0.4) is 0 Å². The Morgan fingerprint density at radius 1 is 1.39 bits per heavy atom. The molecule has 0 spiro atoms. The Hall–Kier alpha value is -0.650. The van der Waals surface area contributed by atoms with Crippen molar-refractivity contribution in [3.8, 4) is 0 Å². The summed E-state index contributed by atoms with van der Waals surface area (Å²) < 4.78 is 4.96. The van der Waals surface area contributed by atoms with Crippen molar-refractivity contribution in [3.63, 3.8) is 0 Å². The van der Waals surface area contributed by atoms with E-state index in [0.29, 0.717) is 37.6 Å². The number of fused-ring (bicyclic) bond motifs is 2. The highest BCUT2D eigenvalue weighted by atomic mass is 16.5. The van der Waals surface area contributed by atoms with E-state index >= 15 is 0 Å². The summed E-state index contributed by atoms with van der Waals surface area (Å²) in [4.78, 5) is 13.1. The number of aliphatic carboxylic acids is 1. The van der Waals surface area contributed by atoms with Crippen molar-refractivity contribution in [2.24, 2.45) is 5.92 Å². The zero-order chi connectivity index (χ0) is 13.1. The molecule has 2 heterocycles. The van der Waals surface area contributed by atoms with Gasteiger partial charge in [-0.15, -0.1) is 0 Å². The average Bonchev–Trinajstić information content (AvgIpc) is 2.53. The summed E-state index contributed by atoms with van der Waals surface area (Å²) in [5, 5.41) is 18.7. The lowest BCUT2D eigenvalue weighted by molar-refractivity contribution is -0.138. The maximum absolute atomic E-state index is 10.8. The summed E-state index contributed by atoms with van der Waals surface area (Å²) in [7, 11) is 1.59. The van der Waals surface area contributed by atoms with E-state index in [1.54, 1.807) is 7.11 Å². The summed E-state index contributed by atoms with van der Waals surface area (Å²) in [5.74, 6) is -0.372. The lowest BCUT2D eigenvalue weighted by atomic mass is 9.88. The van der Waals surface area contributed by atoms with Crippen LogP contribution in [0.5, 0.6) is 0 Å². The fourth-order valence-electron chi connectivity index (χ4n) is 3.59. The van der Waals surface area contributed by atoms with E-state index in [-0.39, 0.29) is 0 Å². The molecule has 5 heteroatoms. The predicted molar refractivity (Wildman–Crippen MR) is 66.4 cm³/mol. The molecule has 2 rings (SSSR count). The number of aliphatic hydroxyl groups excluding tert-OH is 1. The second-order valence-electron chi connectivity index (χ2n) is 5.63. The van der Waals surface area contributed by atoms with Crippen molar-refractivity contribution in [3.05, 3.63) is 0 Å². The van der Waals surface area contributed by atoms with Crippen molar-refractivity contribution in [2.75, 3.05) is 20.3 Å². The van der Waals surface area contributed by atoms with Gasteiger partial charge in [-0.2, -0.15) is 0 Å². The van der Waals surface area contributed by atoms with Crippen LogP contribution in [-0.4, -0.2) is 59.5 Å². The summed E-state index contributed by atoms with van der Waals surface area (Å²) in [6.07, 6.45) is 4.06. The lowest BCUT2D eigenvalue weighted by Gasteiger charge is -2.39. The van der Waals surface area contributed by atoms with Gasteiger partial charge in [-0.05, 0) is 31.6 Å². The van der Waals surface area contributed by atoms with Gasteiger partial charge in [0, 0.05) is 32.2 Å². The molecule has 2 aliphatic heterocycles. The minimum Gasteiger partial charge on any atom is -0.481 e. The third kappa shape index (κ3) is 3.22. The number of carboxylic acid groups (broad SMARTS) is 1. The van der Waals surface area contributed by atoms with Crippen LogP contribution in [0.1, 0.15) is 32.1 Å². The number of rotatable bonds is 6. The maximum Gasteiger partial charge on any atom is 0.303 e. The van der Waals surface area contributed by atoms with E-state index in [9.17, 15) is 9.90 Å². The highest BCUT2D eigenvalue weighted by Crippen LogP contribution is 2.39. The second kappa shape index (κ2) is 5.99. The molecule has 2 fully saturated rings. The van der Waals surface area contributed by atoms with Crippen LogP contribution >= 0.6 is 0 Å². The zero-order valence-corrected chi connectivity index (χ0v) is 10.9. The first-order chi connectivity index (χ1) is 8.60. The minimum absolute atomic E-state index is 0.293. The number of piperidine rings is 1. The van der Waals surface area contributed by atoms with E-state index in [1.807, 2.05) is 0 Å². The third-order valence-electron chi connectivity index (χ3n) is 4.23. The van der Waals surface area contributed by atoms with Crippen LogP contribution in [0.2, 0.25) is 0 Å². The van der Waals surface area contributed by atoms with Gasteiger partial charge in [0.05, 0.1) is 12.7 Å².